The normalized spacial score (nSPS) is 18.1. The van der Waals surface area contributed by atoms with E-state index in [9.17, 15) is 5.11 Å². The van der Waals surface area contributed by atoms with E-state index in [2.05, 4.69) is 48.3 Å². The Hall–Kier alpha value is -2.20. The maximum absolute atomic E-state index is 10.1. The highest BCUT2D eigenvalue weighted by Crippen LogP contribution is 2.26. The zero-order chi connectivity index (χ0) is 18.5. The molecule has 0 bridgehead atoms. The number of methoxy groups -OCH3 is 1. The van der Waals surface area contributed by atoms with Gasteiger partial charge in [0.15, 0.2) is 0 Å². The molecule has 0 spiro atoms. The molecular formula is C22H30N2O2. The Kier molecular flexibility index (Phi) is 6.04. The Morgan fingerprint density at radius 2 is 1.96 bits per heavy atom. The summed E-state index contributed by atoms with van der Waals surface area (Å²) in [5.74, 6) is 1.68. The van der Waals surface area contributed by atoms with Crippen LogP contribution in [0.15, 0.2) is 42.5 Å². The zero-order valence-electron chi connectivity index (χ0n) is 16.0. The lowest BCUT2D eigenvalue weighted by Crippen LogP contribution is -2.41. The molecule has 0 aliphatic carbocycles. The van der Waals surface area contributed by atoms with Crippen molar-refractivity contribution in [2.24, 2.45) is 0 Å². The number of hydrogen-bond donors (Lipinski definition) is 2. The molecule has 1 saturated heterocycles. The molecular weight excluding hydrogens is 324 g/mol. The SMILES string of the molecule is COc1ccc(O)c(CN2CCC[C@H](Nc3ccc(C(C)C)cc3)C2)c1. The highest BCUT2D eigenvalue weighted by Gasteiger charge is 2.21. The Balaban J connectivity index is 1.60. The van der Waals surface area contributed by atoms with Crippen LogP contribution in [0.5, 0.6) is 11.5 Å². The minimum atomic E-state index is 0.338. The smallest absolute Gasteiger partial charge is 0.120 e. The van der Waals surface area contributed by atoms with E-state index in [1.807, 2.05) is 6.07 Å². The number of nitrogens with one attached hydrogen (secondary N) is 1. The largest absolute Gasteiger partial charge is 0.508 e. The molecule has 1 aliphatic rings. The van der Waals surface area contributed by atoms with Gasteiger partial charge in [-0.25, -0.2) is 0 Å². The van der Waals surface area contributed by atoms with Gasteiger partial charge in [-0.2, -0.15) is 0 Å². The molecule has 0 unspecified atom stereocenters. The second kappa shape index (κ2) is 8.45. The van der Waals surface area contributed by atoms with Crippen molar-refractivity contribution in [3.63, 3.8) is 0 Å². The van der Waals surface area contributed by atoms with E-state index in [0.29, 0.717) is 17.7 Å². The first-order valence-corrected chi connectivity index (χ1v) is 9.50. The lowest BCUT2D eigenvalue weighted by atomic mass is 10.0. The van der Waals surface area contributed by atoms with Crippen molar-refractivity contribution < 1.29 is 9.84 Å². The van der Waals surface area contributed by atoms with E-state index in [4.69, 9.17) is 4.74 Å². The second-order valence-electron chi connectivity index (χ2n) is 7.49. The number of phenolic OH excluding ortho intramolecular Hbond substituents is 1. The average molecular weight is 354 g/mol. The van der Waals surface area contributed by atoms with Gasteiger partial charge in [0.05, 0.1) is 7.11 Å². The standard InChI is InChI=1S/C22H30N2O2/c1-16(2)17-6-8-19(9-7-17)23-20-5-4-12-24(15-20)14-18-13-21(26-3)10-11-22(18)25/h6-11,13,16,20,23,25H,4-5,12,14-15H2,1-3H3/t20-/m0/s1. The molecule has 0 amide bonds. The van der Waals surface area contributed by atoms with Gasteiger partial charge in [-0.1, -0.05) is 26.0 Å². The minimum absolute atomic E-state index is 0.338. The fourth-order valence-electron chi connectivity index (χ4n) is 3.57. The first-order chi connectivity index (χ1) is 12.5. The van der Waals surface area contributed by atoms with Gasteiger partial charge in [0.25, 0.3) is 0 Å². The van der Waals surface area contributed by atoms with E-state index in [1.54, 1.807) is 19.2 Å². The number of rotatable bonds is 6. The number of piperidine rings is 1. The molecule has 2 aromatic rings. The van der Waals surface area contributed by atoms with Crippen LogP contribution in [0.3, 0.4) is 0 Å². The number of nitrogens with zero attached hydrogens (tertiary/aromatic N) is 1. The zero-order valence-corrected chi connectivity index (χ0v) is 16.0. The molecule has 0 radical (unpaired) electrons. The van der Waals surface area contributed by atoms with E-state index in [1.165, 1.54) is 17.7 Å². The predicted molar refractivity (Wildman–Crippen MR) is 107 cm³/mol. The first kappa shape index (κ1) is 18.6. The maximum atomic E-state index is 10.1. The lowest BCUT2D eigenvalue weighted by Gasteiger charge is -2.34. The molecule has 4 nitrogen and oxygen atoms in total. The predicted octanol–water partition coefficient (Wildman–Crippen LogP) is 4.60. The third-order valence-corrected chi connectivity index (χ3v) is 5.13. The molecule has 2 N–H and O–H groups in total. The summed E-state index contributed by atoms with van der Waals surface area (Å²) in [6.07, 6.45) is 2.33. The molecule has 1 atom stereocenters. The van der Waals surface area contributed by atoms with Crippen LogP contribution in [0.2, 0.25) is 0 Å². The van der Waals surface area contributed by atoms with Crippen molar-refractivity contribution in [2.45, 2.75) is 45.2 Å². The summed E-state index contributed by atoms with van der Waals surface area (Å²) < 4.78 is 5.28. The third-order valence-electron chi connectivity index (χ3n) is 5.13. The van der Waals surface area contributed by atoms with Crippen molar-refractivity contribution >= 4 is 5.69 Å². The van der Waals surface area contributed by atoms with Crippen LogP contribution in [0.4, 0.5) is 5.69 Å². The lowest BCUT2D eigenvalue weighted by molar-refractivity contribution is 0.206. The maximum Gasteiger partial charge on any atom is 0.120 e. The van der Waals surface area contributed by atoms with Crippen LogP contribution in [-0.2, 0) is 6.54 Å². The van der Waals surface area contributed by atoms with Crippen LogP contribution >= 0.6 is 0 Å². The van der Waals surface area contributed by atoms with E-state index in [-0.39, 0.29) is 0 Å². The van der Waals surface area contributed by atoms with Crippen molar-refractivity contribution in [2.75, 3.05) is 25.5 Å². The summed E-state index contributed by atoms with van der Waals surface area (Å²) in [4.78, 5) is 2.40. The van der Waals surface area contributed by atoms with Crippen LogP contribution in [0, 0.1) is 0 Å². The summed E-state index contributed by atoms with van der Waals surface area (Å²) in [5, 5.41) is 13.8. The summed E-state index contributed by atoms with van der Waals surface area (Å²) in [6.45, 7) is 7.21. The molecule has 1 heterocycles. The third kappa shape index (κ3) is 4.70. The van der Waals surface area contributed by atoms with Gasteiger partial charge in [0.1, 0.15) is 11.5 Å². The Labute approximate surface area is 156 Å². The summed E-state index contributed by atoms with van der Waals surface area (Å²) in [7, 11) is 1.65. The van der Waals surface area contributed by atoms with Crippen molar-refractivity contribution in [1.29, 1.82) is 0 Å². The average Bonchev–Trinajstić information content (AvgIpc) is 2.64. The van der Waals surface area contributed by atoms with Crippen molar-refractivity contribution in [3.05, 3.63) is 53.6 Å². The van der Waals surface area contributed by atoms with Gasteiger partial charge in [-0.05, 0) is 61.2 Å². The Morgan fingerprint density at radius 1 is 1.19 bits per heavy atom. The molecule has 0 aromatic heterocycles. The van der Waals surface area contributed by atoms with Gasteiger partial charge >= 0.3 is 0 Å². The van der Waals surface area contributed by atoms with Gasteiger partial charge in [-0.15, -0.1) is 0 Å². The van der Waals surface area contributed by atoms with Crippen molar-refractivity contribution in [1.82, 2.24) is 4.90 Å². The Bertz CT molecular complexity index is 713. The first-order valence-electron chi connectivity index (χ1n) is 9.50. The quantitative estimate of drug-likeness (QED) is 0.796. The fraction of sp³-hybridized carbons (Fsp3) is 0.455. The fourth-order valence-corrected chi connectivity index (χ4v) is 3.57. The number of phenols is 1. The number of benzene rings is 2. The molecule has 0 saturated carbocycles. The van der Waals surface area contributed by atoms with E-state index in [0.717, 1.165) is 37.4 Å². The van der Waals surface area contributed by atoms with Crippen LogP contribution < -0.4 is 10.1 Å². The van der Waals surface area contributed by atoms with Gasteiger partial charge in [0.2, 0.25) is 0 Å². The van der Waals surface area contributed by atoms with Gasteiger partial charge in [0, 0.05) is 30.4 Å². The number of ether oxygens (including phenoxy) is 1. The van der Waals surface area contributed by atoms with Gasteiger partial charge < -0.3 is 15.2 Å². The highest BCUT2D eigenvalue weighted by atomic mass is 16.5. The molecule has 3 rings (SSSR count). The number of anilines is 1. The number of hydrogen-bond acceptors (Lipinski definition) is 4. The number of aromatic hydroxyl groups is 1. The minimum Gasteiger partial charge on any atom is -0.508 e. The molecule has 1 aliphatic heterocycles. The molecule has 26 heavy (non-hydrogen) atoms. The summed E-state index contributed by atoms with van der Waals surface area (Å²) in [5.41, 5.74) is 3.48. The van der Waals surface area contributed by atoms with Gasteiger partial charge in [-0.3, -0.25) is 4.90 Å². The van der Waals surface area contributed by atoms with Crippen LogP contribution in [0.1, 0.15) is 43.7 Å². The van der Waals surface area contributed by atoms with Crippen LogP contribution in [-0.4, -0.2) is 36.2 Å². The van der Waals surface area contributed by atoms with Crippen molar-refractivity contribution in [3.8, 4) is 11.5 Å². The monoisotopic (exact) mass is 354 g/mol. The van der Waals surface area contributed by atoms with E-state index >= 15 is 0 Å². The van der Waals surface area contributed by atoms with Crippen LogP contribution in [0.25, 0.3) is 0 Å². The molecule has 1 fully saturated rings. The van der Waals surface area contributed by atoms with E-state index < -0.39 is 0 Å². The molecule has 4 heteroatoms. The highest BCUT2D eigenvalue weighted by molar-refractivity contribution is 5.46. The topological polar surface area (TPSA) is 44.7 Å². The molecule has 140 valence electrons. The summed E-state index contributed by atoms with van der Waals surface area (Å²) in [6, 6.07) is 14.6. The molecule has 2 aromatic carbocycles. The number of likely N-dealkylation sites (tertiary alicyclic amines) is 1. The Morgan fingerprint density at radius 3 is 2.65 bits per heavy atom. The second-order valence-corrected chi connectivity index (χ2v) is 7.49. The summed E-state index contributed by atoms with van der Waals surface area (Å²) >= 11 is 0.